The number of hydrogen-bond acceptors (Lipinski definition) is 5. The first-order chi connectivity index (χ1) is 18.0. The van der Waals surface area contributed by atoms with E-state index in [1.807, 2.05) is 42.5 Å². The quantitative estimate of drug-likeness (QED) is 0.269. The highest BCUT2D eigenvalue weighted by Crippen LogP contribution is 2.34. The van der Waals surface area contributed by atoms with Crippen LogP contribution in [0.15, 0.2) is 95.9 Å². The molecule has 0 unspecified atom stereocenters. The summed E-state index contributed by atoms with van der Waals surface area (Å²) in [5.41, 5.74) is 2.20. The number of fused-ring (bicyclic) bond motifs is 1. The zero-order chi connectivity index (χ0) is 25.8. The number of carbonyl (C=O) groups is 3. The van der Waals surface area contributed by atoms with Crippen LogP contribution in [0.25, 0.3) is 16.8 Å². The molecular formula is C29H21ClN2O4S. The number of nitrogens with zero attached hydrogens (tertiary/aromatic N) is 1. The Bertz CT molecular complexity index is 1530. The van der Waals surface area contributed by atoms with Crippen LogP contribution < -0.4 is 10.1 Å². The van der Waals surface area contributed by atoms with Crippen molar-refractivity contribution in [2.45, 2.75) is 6.61 Å². The Balaban J connectivity index is 1.27. The van der Waals surface area contributed by atoms with E-state index in [0.29, 0.717) is 28.6 Å². The van der Waals surface area contributed by atoms with Crippen LogP contribution in [-0.2, 0) is 16.2 Å². The van der Waals surface area contributed by atoms with E-state index in [4.69, 9.17) is 16.3 Å². The largest absolute Gasteiger partial charge is 0.488 e. The molecular weight excluding hydrogens is 508 g/mol. The maximum absolute atomic E-state index is 12.9. The molecule has 0 radical (unpaired) electrons. The summed E-state index contributed by atoms with van der Waals surface area (Å²) in [6.07, 6.45) is 1.62. The average molecular weight is 529 g/mol. The van der Waals surface area contributed by atoms with Crippen molar-refractivity contribution in [1.29, 1.82) is 0 Å². The summed E-state index contributed by atoms with van der Waals surface area (Å²) in [6.45, 7) is -0.0349. The third kappa shape index (κ3) is 5.85. The first-order valence-electron chi connectivity index (χ1n) is 11.5. The van der Waals surface area contributed by atoms with Crippen LogP contribution in [0.1, 0.15) is 11.1 Å². The van der Waals surface area contributed by atoms with E-state index < -0.39 is 17.1 Å². The molecule has 5 rings (SSSR count). The molecule has 3 amide bonds. The fourth-order valence-corrected chi connectivity index (χ4v) is 4.83. The Labute approximate surface area is 222 Å². The molecule has 1 saturated heterocycles. The lowest BCUT2D eigenvalue weighted by molar-refractivity contribution is -0.127. The van der Waals surface area contributed by atoms with Gasteiger partial charge in [0.05, 0.1) is 4.91 Å². The molecule has 0 bridgehead atoms. The van der Waals surface area contributed by atoms with E-state index in [1.165, 1.54) is 0 Å². The van der Waals surface area contributed by atoms with Crippen molar-refractivity contribution in [3.63, 3.8) is 0 Å². The van der Waals surface area contributed by atoms with E-state index in [0.717, 1.165) is 33.0 Å². The van der Waals surface area contributed by atoms with E-state index in [-0.39, 0.29) is 11.4 Å². The molecule has 1 fully saturated rings. The maximum Gasteiger partial charge on any atom is 0.294 e. The van der Waals surface area contributed by atoms with Gasteiger partial charge >= 0.3 is 0 Å². The summed E-state index contributed by atoms with van der Waals surface area (Å²) in [5.74, 6) is -0.418. The first-order valence-corrected chi connectivity index (χ1v) is 12.7. The zero-order valence-electron chi connectivity index (χ0n) is 19.5. The van der Waals surface area contributed by atoms with Crippen LogP contribution in [0.2, 0.25) is 5.02 Å². The number of halogens is 1. The molecule has 0 aromatic heterocycles. The Kier molecular flexibility index (Phi) is 7.25. The number of imide groups is 1. The smallest absolute Gasteiger partial charge is 0.294 e. The van der Waals surface area contributed by atoms with Gasteiger partial charge in [-0.15, -0.1) is 0 Å². The number of ether oxygens (including phenoxy) is 1. The van der Waals surface area contributed by atoms with Crippen molar-refractivity contribution in [3.05, 3.63) is 112 Å². The number of nitrogens with one attached hydrogen (secondary N) is 1. The van der Waals surface area contributed by atoms with Crippen LogP contribution in [-0.4, -0.2) is 28.5 Å². The standard InChI is InChI=1S/C29H21ClN2O4S/c30-23-11-13-24(14-12-23)31-27(33)17-32-28(34)26(37-29(32)35)16-22-7-3-4-8-25(22)36-18-19-9-10-20-5-1-2-6-21(20)15-19/h1-16H,17-18H2,(H,31,33)/b26-16-. The molecule has 1 aliphatic rings. The lowest BCUT2D eigenvalue weighted by atomic mass is 10.1. The fraction of sp³-hybridized carbons (Fsp3) is 0.0690. The Hall–Kier alpha value is -4.07. The lowest BCUT2D eigenvalue weighted by Gasteiger charge is -2.12. The topological polar surface area (TPSA) is 75.7 Å². The number of para-hydroxylation sites is 1. The summed E-state index contributed by atoms with van der Waals surface area (Å²) in [7, 11) is 0. The Morgan fingerprint density at radius 3 is 2.46 bits per heavy atom. The van der Waals surface area contributed by atoms with Crippen LogP contribution in [0.4, 0.5) is 10.5 Å². The Morgan fingerprint density at radius 2 is 1.65 bits per heavy atom. The van der Waals surface area contributed by atoms with Crippen LogP contribution >= 0.6 is 23.4 Å². The highest BCUT2D eigenvalue weighted by atomic mass is 35.5. The zero-order valence-corrected chi connectivity index (χ0v) is 21.1. The minimum absolute atomic E-state index is 0.228. The second-order valence-corrected chi connectivity index (χ2v) is 9.76. The van der Waals surface area contributed by atoms with Crippen molar-refractivity contribution in [3.8, 4) is 5.75 Å². The number of carbonyl (C=O) groups excluding carboxylic acids is 3. The molecule has 37 heavy (non-hydrogen) atoms. The summed E-state index contributed by atoms with van der Waals surface area (Å²) in [6, 6.07) is 28.1. The van der Waals surface area contributed by atoms with E-state index in [1.54, 1.807) is 30.3 Å². The Morgan fingerprint density at radius 1 is 0.919 bits per heavy atom. The molecule has 1 aliphatic heterocycles. The number of thioether (sulfide) groups is 1. The van der Waals surface area contributed by atoms with Gasteiger partial charge in [-0.25, -0.2) is 0 Å². The van der Waals surface area contributed by atoms with Crippen LogP contribution in [0, 0.1) is 0 Å². The lowest BCUT2D eigenvalue weighted by Crippen LogP contribution is -2.36. The predicted octanol–water partition coefficient (Wildman–Crippen LogP) is 6.75. The molecule has 6 nitrogen and oxygen atoms in total. The highest BCUT2D eigenvalue weighted by Gasteiger charge is 2.36. The van der Waals surface area contributed by atoms with Crippen LogP contribution in [0.5, 0.6) is 5.75 Å². The van der Waals surface area contributed by atoms with Crippen molar-refractivity contribution in [1.82, 2.24) is 4.90 Å². The van der Waals surface area contributed by atoms with E-state index in [9.17, 15) is 14.4 Å². The average Bonchev–Trinajstić information content (AvgIpc) is 3.16. The molecule has 0 aliphatic carbocycles. The molecule has 1 heterocycles. The van der Waals surface area contributed by atoms with Gasteiger partial charge in [0, 0.05) is 16.3 Å². The van der Waals surface area contributed by atoms with Gasteiger partial charge in [0.25, 0.3) is 11.1 Å². The predicted molar refractivity (Wildman–Crippen MR) is 147 cm³/mol. The van der Waals surface area contributed by atoms with Gasteiger partial charge in [-0.2, -0.15) is 0 Å². The number of anilines is 1. The van der Waals surface area contributed by atoms with Gasteiger partial charge in [0.1, 0.15) is 18.9 Å². The summed E-state index contributed by atoms with van der Waals surface area (Å²) in [5, 5.41) is 4.98. The van der Waals surface area contributed by atoms with Crippen LogP contribution in [0.3, 0.4) is 0 Å². The summed E-state index contributed by atoms with van der Waals surface area (Å²) >= 11 is 6.66. The minimum Gasteiger partial charge on any atom is -0.488 e. The normalized spacial score (nSPS) is 14.4. The second-order valence-electron chi connectivity index (χ2n) is 8.33. The third-order valence-electron chi connectivity index (χ3n) is 5.72. The van der Waals surface area contributed by atoms with Crippen molar-refractivity contribution >= 4 is 63.0 Å². The maximum atomic E-state index is 12.9. The molecule has 0 atom stereocenters. The molecule has 8 heteroatoms. The SMILES string of the molecule is O=C(CN1C(=O)S/C(=C\c2ccccc2OCc2ccc3ccccc3c2)C1=O)Nc1ccc(Cl)cc1. The third-order valence-corrected chi connectivity index (χ3v) is 6.88. The molecule has 0 saturated carbocycles. The van der Waals surface area contributed by atoms with Gasteiger partial charge in [-0.3, -0.25) is 19.3 Å². The van der Waals surface area contributed by atoms with Crippen molar-refractivity contribution in [2.24, 2.45) is 0 Å². The summed E-state index contributed by atoms with van der Waals surface area (Å²) < 4.78 is 6.07. The molecule has 1 N–H and O–H groups in total. The van der Waals surface area contributed by atoms with Gasteiger partial charge in [-0.05, 0) is 70.6 Å². The molecule has 4 aromatic rings. The number of amides is 3. The highest BCUT2D eigenvalue weighted by molar-refractivity contribution is 8.18. The number of rotatable bonds is 7. The van der Waals surface area contributed by atoms with E-state index in [2.05, 4.69) is 29.6 Å². The number of hydrogen-bond donors (Lipinski definition) is 1. The van der Waals surface area contributed by atoms with Gasteiger partial charge in [-0.1, -0.05) is 66.2 Å². The van der Waals surface area contributed by atoms with Crippen molar-refractivity contribution < 1.29 is 19.1 Å². The van der Waals surface area contributed by atoms with Crippen molar-refractivity contribution in [2.75, 3.05) is 11.9 Å². The molecule has 184 valence electrons. The molecule has 0 spiro atoms. The van der Waals surface area contributed by atoms with E-state index >= 15 is 0 Å². The monoisotopic (exact) mass is 528 g/mol. The minimum atomic E-state index is -0.523. The summed E-state index contributed by atoms with van der Waals surface area (Å²) in [4.78, 5) is 39.0. The number of benzene rings is 4. The molecule has 4 aromatic carbocycles. The van der Waals surface area contributed by atoms with Gasteiger partial charge < -0.3 is 10.1 Å². The first kappa shape index (κ1) is 24.6. The second kappa shape index (κ2) is 10.9. The van der Waals surface area contributed by atoms with Gasteiger partial charge in [0.2, 0.25) is 5.91 Å². The fourth-order valence-electron chi connectivity index (χ4n) is 3.88. The van der Waals surface area contributed by atoms with Gasteiger partial charge in [0.15, 0.2) is 0 Å².